The maximum Gasteiger partial charge on any atom is 0.328 e. The SMILES string of the molecule is CC(O)C(NC(=O)c1cc([N+](=O)[O-])c[nH]1)C(=O)O. The van der Waals surface area contributed by atoms with E-state index < -0.39 is 28.9 Å². The number of aromatic nitrogens is 1. The zero-order valence-corrected chi connectivity index (χ0v) is 9.28. The predicted octanol–water partition coefficient (Wildman–Crippen LogP) is -0.513. The number of H-pyrrole nitrogens is 1. The zero-order valence-electron chi connectivity index (χ0n) is 9.28. The van der Waals surface area contributed by atoms with E-state index in [0.717, 1.165) is 12.3 Å². The van der Waals surface area contributed by atoms with Crippen LogP contribution in [0.2, 0.25) is 0 Å². The summed E-state index contributed by atoms with van der Waals surface area (Å²) in [5.41, 5.74) is -0.474. The average molecular weight is 257 g/mol. The van der Waals surface area contributed by atoms with Gasteiger partial charge in [-0.2, -0.15) is 0 Å². The van der Waals surface area contributed by atoms with Gasteiger partial charge in [-0.25, -0.2) is 4.79 Å². The first kappa shape index (κ1) is 13.6. The fourth-order valence-corrected chi connectivity index (χ4v) is 1.23. The van der Waals surface area contributed by atoms with E-state index in [0.29, 0.717) is 0 Å². The first-order valence-corrected chi connectivity index (χ1v) is 4.87. The third-order valence-electron chi connectivity index (χ3n) is 2.16. The third-order valence-corrected chi connectivity index (χ3v) is 2.16. The summed E-state index contributed by atoms with van der Waals surface area (Å²) in [6, 6.07) is -0.518. The lowest BCUT2D eigenvalue weighted by molar-refractivity contribution is -0.384. The largest absolute Gasteiger partial charge is 0.480 e. The second-order valence-electron chi connectivity index (χ2n) is 3.56. The summed E-state index contributed by atoms with van der Waals surface area (Å²) in [5.74, 6) is -2.25. The molecule has 9 heteroatoms. The molecule has 0 saturated carbocycles. The molecule has 0 radical (unpaired) electrons. The second-order valence-corrected chi connectivity index (χ2v) is 3.56. The number of nitro groups is 1. The molecule has 0 saturated heterocycles. The standard InChI is InChI=1S/C9H11N3O6/c1-4(13)7(9(15)16)11-8(14)6-2-5(3-10-6)12(17)18/h2-4,7,10,13H,1H3,(H,11,14)(H,15,16). The van der Waals surface area contributed by atoms with Crippen LogP contribution in [0.15, 0.2) is 12.3 Å². The number of hydrogen-bond donors (Lipinski definition) is 4. The van der Waals surface area contributed by atoms with Crippen molar-refractivity contribution in [3.05, 3.63) is 28.1 Å². The first-order chi connectivity index (χ1) is 8.32. The van der Waals surface area contributed by atoms with Crippen molar-refractivity contribution in [3.8, 4) is 0 Å². The smallest absolute Gasteiger partial charge is 0.328 e. The van der Waals surface area contributed by atoms with Crippen LogP contribution >= 0.6 is 0 Å². The molecular weight excluding hydrogens is 246 g/mol. The van der Waals surface area contributed by atoms with Gasteiger partial charge < -0.3 is 20.5 Å². The van der Waals surface area contributed by atoms with Gasteiger partial charge in [0.25, 0.3) is 11.6 Å². The van der Waals surface area contributed by atoms with E-state index in [1.54, 1.807) is 0 Å². The number of aliphatic hydroxyl groups excluding tert-OH is 1. The number of amides is 1. The van der Waals surface area contributed by atoms with Crippen molar-refractivity contribution in [1.82, 2.24) is 10.3 Å². The quantitative estimate of drug-likeness (QED) is 0.412. The van der Waals surface area contributed by atoms with E-state index in [2.05, 4.69) is 4.98 Å². The minimum atomic E-state index is -1.49. The van der Waals surface area contributed by atoms with Gasteiger partial charge in [-0.15, -0.1) is 0 Å². The van der Waals surface area contributed by atoms with Crippen LogP contribution in [0.25, 0.3) is 0 Å². The normalized spacial score (nSPS) is 13.7. The van der Waals surface area contributed by atoms with Gasteiger partial charge in [-0.3, -0.25) is 14.9 Å². The van der Waals surface area contributed by atoms with Crippen LogP contribution in [0.3, 0.4) is 0 Å². The van der Waals surface area contributed by atoms with E-state index in [1.165, 1.54) is 6.92 Å². The molecule has 1 amide bonds. The monoisotopic (exact) mass is 257 g/mol. The van der Waals surface area contributed by atoms with Crippen molar-refractivity contribution in [3.63, 3.8) is 0 Å². The van der Waals surface area contributed by atoms with E-state index in [1.807, 2.05) is 5.32 Å². The van der Waals surface area contributed by atoms with Crippen molar-refractivity contribution in [2.75, 3.05) is 0 Å². The molecule has 2 unspecified atom stereocenters. The Balaban J connectivity index is 2.80. The molecule has 0 fully saturated rings. The lowest BCUT2D eigenvalue weighted by atomic mass is 10.2. The number of aliphatic hydroxyl groups is 1. The van der Waals surface area contributed by atoms with Crippen LogP contribution in [-0.2, 0) is 4.79 Å². The molecule has 1 aromatic heterocycles. The Morgan fingerprint density at radius 3 is 2.56 bits per heavy atom. The summed E-state index contributed by atoms with van der Waals surface area (Å²) in [5, 5.41) is 30.3. The highest BCUT2D eigenvalue weighted by molar-refractivity contribution is 5.95. The molecule has 0 aliphatic heterocycles. The number of aromatic amines is 1. The fourth-order valence-electron chi connectivity index (χ4n) is 1.23. The van der Waals surface area contributed by atoms with E-state index in [4.69, 9.17) is 10.2 Å². The number of hydrogen-bond acceptors (Lipinski definition) is 5. The van der Waals surface area contributed by atoms with Crippen molar-refractivity contribution >= 4 is 17.6 Å². The lowest BCUT2D eigenvalue weighted by Gasteiger charge is -2.16. The molecule has 4 N–H and O–H groups in total. The molecule has 0 aliphatic rings. The maximum atomic E-state index is 11.6. The number of carboxylic acids is 1. The summed E-state index contributed by atoms with van der Waals surface area (Å²) >= 11 is 0. The van der Waals surface area contributed by atoms with E-state index >= 15 is 0 Å². The van der Waals surface area contributed by atoms with Crippen LogP contribution in [0.5, 0.6) is 0 Å². The van der Waals surface area contributed by atoms with Gasteiger partial charge in [0.1, 0.15) is 5.69 Å². The highest BCUT2D eigenvalue weighted by Crippen LogP contribution is 2.12. The third kappa shape index (κ3) is 3.04. The molecule has 1 rings (SSSR count). The number of carbonyl (C=O) groups excluding carboxylic acids is 1. The van der Waals surface area contributed by atoms with Crippen molar-refractivity contribution in [1.29, 1.82) is 0 Å². The first-order valence-electron chi connectivity index (χ1n) is 4.87. The van der Waals surface area contributed by atoms with E-state index in [-0.39, 0.29) is 11.4 Å². The summed E-state index contributed by atoms with van der Waals surface area (Å²) in [4.78, 5) is 34.3. The molecule has 0 spiro atoms. The number of rotatable bonds is 5. The minimum absolute atomic E-state index is 0.159. The van der Waals surface area contributed by atoms with Crippen LogP contribution < -0.4 is 5.32 Å². The van der Waals surface area contributed by atoms with E-state index in [9.17, 15) is 19.7 Å². The van der Waals surface area contributed by atoms with Crippen LogP contribution in [0.1, 0.15) is 17.4 Å². The Labute approximate surface area is 101 Å². The van der Waals surface area contributed by atoms with Crippen LogP contribution in [0.4, 0.5) is 5.69 Å². The molecule has 1 heterocycles. The average Bonchev–Trinajstić information content (AvgIpc) is 2.73. The molecule has 0 aliphatic carbocycles. The molecule has 0 aromatic carbocycles. The van der Waals surface area contributed by atoms with Gasteiger partial charge in [0.15, 0.2) is 6.04 Å². The summed E-state index contributed by atoms with van der Waals surface area (Å²) in [7, 11) is 0. The second kappa shape index (κ2) is 5.27. The topological polar surface area (TPSA) is 146 Å². The number of aliphatic carboxylic acids is 1. The van der Waals surface area contributed by atoms with Gasteiger partial charge in [-0.05, 0) is 6.92 Å². The number of nitrogens with zero attached hydrogens (tertiary/aromatic N) is 1. The molecule has 9 nitrogen and oxygen atoms in total. The molecule has 0 bridgehead atoms. The van der Waals surface area contributed by atoms with Gasteiger partial charge >= 0.3 is 5.97 Å². The van der Waals surface area contributed by atoms with Crippen LogP contribution in [0, 0.1) is 10.1 Å². The fraction of sp³-hybridized carbons (Fsp3) is 0.333. The Bertz CT molecular complexity index is 480. The van der Waals surface area contributed by atoms with Crippen LogP contribution in [-0.4, -0.2) is 44.1 Å². The maximum absolute atomic E-state index is 11.6. The lowest BCUT2D eigenvalue weighted by Crippen LogP contribution is -2.47. The van der Waals surface area contributed by atoms with Gasteiger partial charge in [0.05, 0.1) is 17.2 Å². The molecule has 98 valence electrons. The minimum Gasteiger partial charge on any atom is -0.480 e. The summed E-state index contributed by atoms with van der Waals surface area (Å²) < 4.78 is 0. The van der Waals surface area contributed by atoms with Crippen molar-refractivity contribution in [2.45, 2.75) is 19.1 Å². The highest BCUT2D eigenvalue weighted by Gasteiger charge is 2.26. The number of nitrogens with one attached hydrogen (secondary N) is 2. The Kier molecular flexibility index (Phi) is 4.00. The molecule has 18 heavy (non-hydrogen) atoms. The summed E-state index contributed by atoms with van der Waals surface area (Å²) in [6.07, 6.45) is -0.288. The van der Waals surface area contributed by atoms with Gasteiger partial charge in [0, 0.05) is 6.07 Å². The van der Waals surface area contributed by atoms with Gasteiger partial charge in [-0.1, -0.05) is 0 Å². The zero-order chi connectivity index (χ0) is 13.9. The van der Waals surface area contributed by atoms with Crippen molar-refractivity contribution < 1.29 is 24.7 Å². The summed E-state index contributed by atoms with van der Waals surface area (Å²) in [6.45, 7) is 1.20. The highest BCUT2D eigenvalue weighted by atomic mass is 16.6. The number of carboxylic acid groups (broad SMARTS) is 1. The van der Waals surface area contributed by atoms with Gasteiger partial charge in [0.2, 0.25) is 0 Å². The Morgan fingerprint density at radius 1 is 1.56 bits per heavy atom. The Morgan fingerprint density at radius 2 is 2.17 bits per heavy atom. The molecule has 1 aromatic rings. The number of carbonyl (C=O) groups is 2. The molecule has 2 atom stereocenters. The predicted molar refractivity (Wildman–Crippen MR) is 58.0 cm³/mol. The molecular formula is C9H11N3O6. The van der Waals surface area contributed by atoms with Crippen molar-refractivity contribution in [2.24, 2.45) is 0 Å². The Hall–Kier alpha value is -2.42.